The van der Waals surface area contributed by atoms with Gasteiger partial charge < -0.3 is 30.3 Å². The van der Waals surface area contributed by atoms with E-state index in [1.807, 2.05) is 18.2 Å². The van der Waals surface area contributed by atoms with Crippen LogP contribution in [0.15, 0.2) is 60.8 Å². The van der Waals surface area contributed by atoms with Crippen LogP contribution in [0.25, 0.3) is 0 Å². The molecule has 0 radical (unpaired) electrons. The van der Waals surface area contributed by atoms with Gasteiger partial charge in [-0.15, -0.1) is 0 Å². The maximum atomic E-state index is 12.6. The van der Waals surface area contributed by atoms with E-state index in [-0.39, 0.29) is 19.4 Å². The Kier molecular flexibility index (Phi) is 36.7. The number of phosphoric ester groups is 1. The largest absolute Gasteiger partial charge is 0.480 e. The van der Waals surface area contributed by atoms with Crippen molar-refractivity contribution >= 4 is 25.7 Å². The van der Waals surface area contributed by atoms with E-state index < -0.39 is 57.2 Å². The lowest BCUT2D eigenvalue weighted by Crippen LogP contribution is -2.34. The third-order valence-corrected chi connectivity index (χ3v) is 9.80. The maximum absolute atomic E-state index is 12.6. The fraction of sp³-hybridized carbons (Fsp3) is 0.705. The number of aliphatic carboxylic acids is 1. The lowest BCUT2D eigenvalue weighted by Gasteiger charge is -2.20. The summed E-state index contributed by atoms with van der Waals surface area (Å²) < 4.78 is 32.6. The van der Waals surface area contributed by atoms with Gasteiger partial charge in [-0.05, 0) is 64.2 Å². The van der Waals surface area contributed by atoms with Gasteiger partial charge in [-0.2, -0.15) is 0 Å². The van der Waals surface area contributed by atoms with Crippen molar-refractivity contribution in [3.8, 4) is 0 Å². The molecule has 0 aromatic heterocycles. The normalized spacial score (nSPS) is 14.9. The number of unbranched alkanes of at least 4 members (excludes halogenated alkanes) is 14. The molecule has 0 aliphatic rings. The summed E-state index contributed by atoms with van der Waals surface area (Å²) in [6.45, 7) is 2.53. The highest BCUT2D eigenvalue weighted by Crippen LogP contribution is 2.43. The Hall–Kier alpha value is -2.86. The standard InChI is InChI=1S/C44H76NO11P/c1-3-5-7-9-11-12-13-14-15-16-17-18-19-20-22-26-30-34-42(47)53-36-40(37-54-57(51,52)55-38-41(45)44(49)50)56-43(48)35-31-27-23-25-29-33-39(46)32-28-24-21-10-8-6-4-2/h6,8,11-12,14-15,21,24,28,32,39-41,46H,3-5,7,9-10,13,16-20,22-23,25-27,29-31,33-38,45H2,1-2H3,(H,49,50)(H,51,52)/b8-6+,12-11-,15-14-,24-21+,32-28+/t39?,40-,41+/m1/s1. The van der Waals surface area contributed by atoms with Crippen molar-refractivity contribution < 1.29 is 52.6 Å². The summed E-state index contributed by atoms with van der Waals surface area (Å²) in [4.78, 5) is 45.9. The number of carboxylic acid groups (broad SMARTS) is 1. The predicted octanol–water partition coefficient (Wildman–Crippen LogP) is 10.1. The minimum absolute atomic E-state index is 0.0872. The first-order chi connectivity index (χ1) is 27.5. The zero-order chi connectivity index (χ0) is 42.2. The van der Waals surface area contributed by atoms with Gasteiger partial charge >= 0.3 is 25.7 Å². The number of ether oxygens (including phenoxy) is 2. The first-order valence-electron chi connectivity index (χ1n) is 21.4. The van der Waals surface area contributed by atoms with Crippen LogP contribution in [0.5, 0.6) is 0 Å². The zero-order valence-corrected chi connectivity index (χ0v) is 35.9. The van der Waals surface area contributed by atoms with E-state index in [0.29, 0.717) is 19.3 Å². The van der Waals surface area contributed by atoms with Crippen LogP contribution in [0.2, 0.25) is 0 Å². The fourth-order valence-electron chi connectivity index (χ4n) is 5.45. The SMILES string of the molecule is CC/C=C/C/C=C/C=C/C(O)CCCCCCCC(=O)O[C@H](COC(=O)CCCCCCCCC/C=C\C/C=C\CCCCC)COP(=O)(O)OC[C@H](N)C(=O)O. The average molecular weight is 826 g/mol. The fourth-order valence-corrected chi connectivity index (χ4v) is 6.23. The zero-order valence-electron chi connectivity index (χ0n) is 35.0. The minimum atomic E-state index is -4.75. The van der Waals surface area contributed by atoms with Gasteiger partial charge in [-0.25, -0.2) is 4.57 Å². The van der Waals surface area contributed by atoms with Crippen LogP contribution in [0.4, 0.5) is 0 Å². The van der Waals surface area contributed by atoms with Crippen LogP contribution < -0.4 is 5.73 Å². The molecule has 0 aromatic carbocycles. The van der Waals surface area contributed by atoms with Gasteiger partial charge in [0.15, 0.2) is 6.10 Å². The number of allylic oxidation sites excluding steroid dienone is 9. The van der Waals surface area contributed by atoms with E-state index in [1.54, 1.807) is 6.08 Å². The smallest absolute Gasteiger partial charge is 0.472 e. The van der Waals surface area contributed by atoms with Crippen LogP contribution in [-0.2, 0) is 37.5 Å². The highest BCUT2D eigenvalue weighted by Gasteiger charge is 2.28. The summed E-state index contributed by atoms with van der Waals surface area (Å²) >= 11 is 0. The molecule has 0 saturated carbocycles. The van der Waals surface area contributed by atoms with E-state index in [1.165, 1.54) is 38.5 Å². The second-order valence-electron chi connectivity index (χ2n) is 14.3. The lowest BCUT2D eigenvalue weighted by molar-refractivity contribution is -0.161. The van der Waals surface area contributed by atoms with Crippen LogP contribution in [0.1, 0.15) is 162 Å². The first kappa shape index (κ1) is 54.1. The number of phosphoric acid groups is 1. The molecule has 328 valence electrons. The monoisotopic (exact) mass is 826 g/mol. The van der Waals surface area contributed by atoms with Crippen molar-refractivity contribution in [3.05, 3.63) is 60.8 Å². The Bertz CT molecular complexity index is 1220. The average Bonchev–Trinajstić information content (AvgIpc) is 3.18. The summed E-state index contributed by atoms with van der Waals surface area (Å²) in [5.41, 5.74) is 5.32. The Morgan fingerprint density at radius 3 is 1.82 bits per heavy atom. The van der Waals surface area contributed by atoms with Crippen molar-refractivity contribution in [3.63, 3.8) is 0 Å². The third kappa shape index (κ3) is 38.4. The van der Waals surface area contributed by atoms with Crippen LogP contribution in [-0.4, -0.2) is 71.1 Å². The Morgan fingerprint density at radius 1 is 0.649 bits per heavy atom. The van der Waals surface area contributed by atoms with Gasteiger partial charge in [0.25, 0.3) is 0 Å². The number of carbonyl (C=O) groups excluding carboxylic acids is 2. The molecule has 4 atom stereocenters. The number of aliphatic hydroxyl groups is 1. The molecule has 0 aliphatic heterocycles. The van der Waals surface area contributed by atoms with Gasteiger partial charge in [0.2, 0.25) is 0 Å². The Balaban J connectivity index is 4.47. The van der Waals surface area contributed by atoms with E-state index in [9.17, 15) is 28.9 Å². The second kappa shape index (κ2) is 38.6. The van der Waals surface area contributed by atoms with Crippen molar-refractivity contribution in [1.29, 1.82) is 0 Å². The van der Waals surface area contributed by atoms with E-state index in [2.05, 4.69) is 54.8 Å². The topological polar surface area (TPSA) is 192 Å². The summed E-state index contributed by atoms with van der Waals surface area (Å²) in [5.74, 6) is -2.48. The van der Waals surface area contributed by atoms with Crippen molar-refractivity contribution in [2.45, 2.75) is 180 Å². The third-order valence-electron chi connectivity index (χ3n) is 8.85. The number of carbonyl (C=O) groups is 3. The molecule has 5 N–H and O–H groups in total. The summed E-state index contributed by atoms with van der Waals surface area (Å²) in [5, 5.41) is 19.0. The minimum Gasteiger partial charge on any atom is -0.480 e. The quantitative estimate of drug-likeness (QED) is 0.0151. The number of carboxylic acids is 1. The Labute approximate surface area is 343 Å². The van der Waals surface area contributed by atoms with Crippen LogP contribution >= 0.6 is 7.82 Å². The van der Waals surface area contributed by atoms with Crippen molar-refractivity contribution in [1.82, 2.24) is 0 Å². The Morgan fingerprint density at radius 2 is 1.19 bits per heavy atom. The van der Waals surface area contributed by atoms with Gasteiger partial charge in [0, 0.05) is 12.8 Å². The molecule has 0 bridgehead atoms. The molecule has 0 aliphatic carbocycles. The molecular weight excluding hydrogens is 749 g/mol. The number of esters is 2. The van der Waals surface area contributed by atoms with E-state index >= 15 is 0 Å². The van der Waals surface area contributed by atoms with Crippen molar-refractivity contribution in [2.24, 2.45) is 5.73 Å². The maximum Gasteiger partial charge on any atom is 0.472 e. The number of hydrogen-bond donors (Lipinski definition) is 4. The molecule has 2 unspecified atom stereocenters. The lowest BCUT2D eigenvalue weighted by atomic mass is 10.1. The van der Waals surface area contributed by atoms with Gasteiger partial charge in [-0.3, -0.25) is 23.4 Å². The van der Waals surface area contributed by atoms with E-state index in [0.717, 1.165) is 77.0 Å². The molecule has 57 heavy (non-hydrogen) atoms. The molecule has 0 amide bonds. The molecule has 0 heterocycles. The molecule has 0 fully saturated rings. The summed E-state index contributed by atoms with van der Waals surface area (Å²) in [6.07, 6.45) is 40.2. The second-order valence-corrected chi connectivity index (χ2v) is 15.7. The molecule has 13 heteroatoms. The molecule has 0 aromatic rings. The predicted molar refractivity (Wildman–Crippen MR) is 227 cm³/mol. The van der Waals surface area contributed by atoms with Crippen LogP contribution in [0.3, 0.4) is 0 Å². The molecular formula is C44H76NO11P. The summed E-state index contributed by atoms with van der Waals surface area (Å²) in [6, 6.07) is -1.54. The highest BCUT2D eigenvalue weighted by atomic mass is 31.2. The number of nitrogens with two attached hydrogens (primary N) is 1. The van der Waals surface area contributed by atoms with Gasteiger partial charge in [-0.1, -0.05) is 145 Å². The molecule has 0 saturated heterocycles. The number of aliphatic hydroxyl groups excluding tert-OH is 1. The van der Waals surface area contributed by atoms with E-state index in [4.69, 9.17) is 24.8 Å². The number of rotatable bonds is 39. The van der Waals surface area contributed by atoms with Gasteiger partial charge in [0.1, 0.15) is 12.6 Å². The van der Waals surface area contributed by atoms with Gasteiger partial charge in [0.05, 0.1) is 19.3 Å². The molecule has 0 rings (SSSR count). The molecule has 0 spiro atoms. The summed E-state index contributed by atoms with van der Waals surface area (Å²) in [7, 11) is -4.75. The first-order valence-corrected chi connectivity index (χ1v) is 22.9. The highest BCUT2D eigenvalue weighted by molar-refractivity contribution is 7.47. The van der Waals surface area contributed by atoms with Crippen molar-refractivity contribution in [2.75, 3.05) is 19.8 Å². The van der Waals surface area contributed by atoms with Crippen LogP contribution in [0, 0.1) is 0 Å². The molecule has 12 nitrogen and oxygen atoms in total. The number of hydrogen-bond acceptors (Lipinski definition) is 10.